The first-order chi connectivity index (χ1) is 11.4. The van der Waals surface area contributed by atoms with Crippen molar-refractivity contribution in [3.8, 4) is 0 Å². The molecule has 1 aromatic carbocycles. The van der Waals surface area contributed by atoms with E-state index in [1.165, 1.54) is 42.0 Å². The Morgan fingerprint density at radius 3 is 2.58 bits per heavy atom. The number of nitro groups is 1. The molecule has 2 rings (SSSR count). The lowest BCUT2D eigenvalue weighted by Crippen LogP contribution is -2.44. The number of nitrogens with zero attached hydrogens (tertiary/aromatic N) is 2. The Morgan fingerprint density at radius 1 is 1.21 bits per heavy atom. The number of hydrogen-bond acceptors (Lipinski definition) is 5. The molecule has 2 amide bonds. The van der Waals surface area contributed by atoms with E-state index in [9.17, 15) is 24.5 Å². The van der Waals surface area contributed by atoms with Crippen LogP contribution in [0.1, 0.15) is 15.9 Å². The molecule has 0 aliphatic carbocycles. The molecule has 0 radical (unpaired) electrons. The molecule has 0 aliphatic heterocycles. The zero-order valence-corrected chi connectivity index (χ0v) is 12.7. The van der Waals surface area contributed by atoms with Crippen molar-refractivity contribution in [2.24, 2.45) is 0 Å². The van der Waals surface area contributed by atoms with Crippen LogP contribution in [0, 0.1) is 17.0 Å². The highest BCUT2D eigenvalue weighted by Crippen LogP contribution is 2.18. The van der Waals surface area contributed by atoms with Gasteiger partial charge in [0.25, 0.3) is 23.1 Å². The van der Waals surface area contributed by atoms with Crippen molar-refractivity contribution in [2.75, 3.05) is 0 Å². The van der Waals surface area contributed by atoms with Gasteiger partial charge in [-0.05, 0) is 25.1 Å². The summed E-state index contributed by atoms with van der Waals surface area (Å²) >= 11 is 0. The number of aryl methyl sites for hydroxylation is 1. The summed E-state index contributed by atoms with van der Waals surface area (Å²) in [5.41, 5.74) is 4.42. The highest BCUT2D eigenvalue weighted by Gasteiger charge is 2.14. The molecule has 1 aromatic heterocycles. The Balaban J connectivity index is 1.97. The topological polar surface area (TPSA) is 123 Å². The van der Waals surface area contributed by atoms with Crippen molar-refractivity contribution < 1.29 is 14.5 Å². The normalized spacial score (nSPS) is 10.0. The second-order valence-electron chi connectivity index (χ2n) is 4.93. The average Bonchev–Trinajstić information content (AvgIpc) is 2.54. The summed E-state index contributed by atoms with van der Waals surface area (Å²) in [5, 5.41) is 10.7. The maximum atomic E-state index is 11.9. The standard InChI is InChI=1S/C15H14N4O5/c1-10-8-11(5-6-12(10)19(23)24)15(22)17-16-13(20)9-18-7-3-2-4-14(18)21/h2-8H,9H2,1H3,(H,16,20)(H,17,22). The van der Waals surface area contributed by atoms with Crippen molar-refractivity contribution in [2.45, 2.75) is 13.5 Å². The van der Waals surface area contributed by atoms with Gasteiger partial charge in [-0.2, -0.15) is 0 Å². The molecule has 9 nitrogen and oxygen atoms in total. The minimum absolute atomic E-state index is 0.0981. The summed E-state index contributed by atoms with van der Waals surface area (Å²) in [4.78, 5) is 45.3. The summed E-state index contributed by atoms with van der Waals surface area (Å²) in [7, 11) is 0. The molecular formula is C15H14N4O5. The third kappa shape index (κ3) is 4.03. The SMILES string of the molecule is Cc1cc(C(=O)NNC(=O)Cn2ccccc2=O)ccc1[N+](=O)[O-]. The van der Waals surface area contributed by atoms with Crippen LogP contribution >= 0.6 is 0 Å². The van der Waals surface area contributed by atoms with Crippen LogP contribution in [0.2, 0.25) is 0 Å². The predicted octanol–water partition coefficient (Wildman–Crippen LogP) is 0.526. The minimum atomic E-state index is -0.623. The van der Waals surface area contributed by atoms with E-state index in [-0.39, 0.29) is 23.4 Å². The smallest absolute Gasteiger partial charge is 0.272 e. The molecule has 0 fully saturated rings. The van der Waals surface area contributed by atoms with Gasteiger partial charge in [0.05, 0.1) is 4.92 Å². The molecule has 0 aliphatic rings. The van der Waals surface area contributed by atoms with Crippen LogP contribution < -0.4 is 16.4 Å². The van der Waals surface area contributed by atoms with Crippen LogP contribution in [-0.2, 0) is 11.3 Å². The van der Waals surface area contributed by atoms with Gasteiger partial charge in [-0.15, -0.1) is 0 Å². The lowest BCUT2D eigenvalue weighted by Gasteiger charge is -2.09. The summed E-state index contributed by atoms with van der Waals surface area (Å²) in [6.45, 7) is 1.26. The first kappa shape index (κ1) is 16.9. The molecule has 124 valence electrons. The Kier molecular flexibility index (Phi) is 5.05. The van der Waals surface area contributed by atoms with Gasteiger partial charge in [0.15, 0.2) is 0 Å². The van der Waals surface area contributed by atoms with Crippen LogP contribution in [0.25, 0.3) is 0 Å². The molecule has 0 atom stereocenters. The van der Waals surface area contributed by atoms with E-state index in [2.05, 4.69) is 10.9 Å². The van der Waals surface area contributed by atoms with Gasteiger partial charge in [-0.25, -0.2) is 0 Å². The van der Waals surface area contributed by atoms with Crippen LogP contribution in [0.3, 0.4) is 0 Å². The quantitative estimate of drug-likeness (QED) is 0.625. The zero-order chi connectivity index (χ0) is 17.7. The van der Waals surface area contributed by atoms with E-state index in [0.717, 1.165) is 0 Å². The van der Waals surface area contributed by atoms with Gasteiger partial charge in [-0.1, -0.05) is 6.07 Å². The molecule has 9 heteroatoms. The average molecular weight is 330 g/mol. The number of amides is 2. The van der Waals surface area contributed by atoms with Crippen LogP contribution in [0.15, 0.2) is 47.4 Å². The first-order valence-electron chi connectivity index (χ1n) is 6.88. The molecule has 0 bridgehead atoms. The lowest BCUT2D eigenvalue weighted by atomic mass is 10.1. The van der Waals surface area contributed by atoms with Crippen LogP contribution in [0.4, 0.5) is 5.69 Å². The molecular weight excluding hydrogens is 316 g/mol. The number of pyridine rings is 1. The number of aromatic nitrogens is 1. The lowest BCUT2D eigenvalue weighted by molar-refractivity contribution is -0.385. The number of hydrazine groups is 1. The number of carbonyl (C=O) groups is 2. The molecule has 0 spiro atoms. The van der Waals surface area contributed by atoms with Crippen molar-refractivity contribution in [3.63, 3.8) is 0 Å². The van der Waals surface area contributed by atoms with Gasteiger partial charge in [0.1, 0.15) is 6.54 Å². The van der Waals surface area contributed by atoms with Gasteiger partial charge in [0, 0.05) is 29.5 Å². The maximum absolute atomic E-state index is 11.9. The Labute approximate surface area is 136 Å². The van der Waals surface area contributed by atoms with Gasteiger partial charge in [-0.3, -0.25) is 35.3 Å². The molecule has 2 aromatic rings. The van der Waals surface area contributed by atoms with Crippen molar-refractivity contribution in [1.29, 1.82) is 0 Å². The number of carbonyl (C=O) groups excluding carboxylic acids is 2. The van der Waals surface area contributed by atoms with E-state index in [1.54, 1.807) is 12.1 Å². The van der Waals surface area contributed by atoms with E-state index in [1.807, 2.05) is 0 Å². The molecule has 0 saturated heterocycles. The Morgan fingerprint density at radius 2 is 1.96 bits per heavy atom. The van der Waals surface area contributed by atoms with Crippen LogP contribution in [-0.4, -0.2) is 21.3 Å². The fourth-order valence-corrected chi connectivity index (χ4v) is 1.99. The second kappa shape index (κ2) is 7.18. The van der Waals surface area contributed by atoms with Gasteiger partial charge < -0.3 is 4.57 Å². The Hall–Kier alpha value is -3.49. The maximum Gasteiger partial charge on any atom is 0.272 e. The summed E-state index contributed by atoms with van der Waals surface area (Å²) in [5.74, 6) is -1.21. The largest absolute Gasteiger partial charge is 0.306 e. The number of rotatable bonds is 4. The van der Waals surface area contributed by atoms with Gasteiger partial charge in [0.2, 0.25) is 0 Å². The van der Waals surface area contributed by atoms with Crippen LogP contribution in [0.5, 0.6) is 0 Å². The highest BCUT2D eigenvalue weighted by molar-refractivity contribution is 5.95. The Bertz CT molecular complexity index is 859. The molecule has 0 unspecified atom stereocenters. The summed E-state index contributed by atoms with van der Waals surface area (Å²) in [6.07, 6.45) is 1.45. The van der Waals surface area contributed by atoms with E-state index >= 15 is 0 Å². The number of nitrogens with one attached hydrogen (secondary N) is 2. The predicted molar refractivity (Wildman–Crippen MR) is 84.1 cm³/mol. The third-order valence-corrected chi connectivity index (χ3v) is 3.18. The zero-order valence-electron chi connectivity index (χ0n) is 12.7. The minimum Gasteiger partial charge on any atom is -0.306 e. The van der Waals surface area contributed by atoms with Crippen molar-refractivity contribution in [1.82, 2.24) is 15.4 Å². The summed E-state index contributed by atoms with van der Waals surface area (Å²) < 4.78 is 1.18. The van der Waals surface area contributed by atoms with E-state index in [4.69, 9.17) is 0 Å². The van der Waals surface area contributed by atoms with Gasteiger partial charge >= 0.3 is 0 Å². The third-order valence-electron chi connectivity index (χ3n) is 3.18. The number of benzene rings is 1. The molecule has 0 saturated carbocycles. The number of hydrogen-bond donors (Lipinski definition) is 2. The fourth-order valence-electron chi connectivity index (χ4n) is 1.99. The second-order valence-corrected chi connectivity index (χ2v) is 4.93. The molecule has 2 N–H and O–H groups in total. The van der Waals surface area contributed by atoms with E-state index < -0.39 is 16.7 Å². The monoisotopic (exact) mass is 330 g/mol. The van der Waals surface area contributed by atoms with Crippen molar-refractivity contribution in [3.05, 3.63) is 74.2 Å². The summed E-state index contributed by atoms with van der Waals surface area (Å²) in [6, 6.07) is 8.32. The molecule has 1 heterocycles. The first-order valence-corrected chi connectivity index (χ1v) is 6.88. The number of nitro benzene ring substituents is 1. The van der Waals surface area contributed by atoms with Crippen molar-refractivity contribution >= 4 is 17.5 Å². The molecule has 24 heavy (non-hydrogen) atoms. The highest BCUT2D eigenvalue weighted by atomic mass is 16.6. The fraction of sp³-hybridized carbons (Fsp3) is 0.133. The van der Waals surface area contributed by atoms with E-state index in [0.29, 0.717) is 5.56 Å².